The number of carboxylic acids is 1. The molecule has 4 aromatic carbocycles. The molecule has 0 fully saturated rings. The molecule has 5 rings (SSSR count). The minimum absolute atomic E-state index is 0.0476. The van der Waals surface area contributed by atoms with Crippen molar-refractivity contribution in [3.8, 4) is 0 Å². The van der Waals surface area contributed by atoms with Gasteiger partial charge < -0.3 is 5.11 Å². The molecule has 4 aromatic rings. The lowest BCUT2D eigenvalue weighted by Crippen LogP contribution is -2.17. The van der Waals surface area contributed by atoms with Gasteiger partial charge in [0.15, 0.2) is 0 Å². The summed E-state index contributed by atoms with van der Waals surface area (Å²) in [7, 11) is -4.46. The maximum absolute atomic E-state index is 13.2. The van der Waals surface area contributed by atoms with Crippen LogP contribution in [0.4, 0.5) is 22.7 Å². The zero-order valence-electron chi connectivity index (χ0n) is 21.9. The molecule has 1 heterocycles. The van der Waals surface area contributed by atoms with E-state index in [9.17, 15) is 28.4 Å². The summed E-state index contributed by atoms with van der Waals surface area (Å²) in [6.07, 6.45) is 2.30. The van der Waals surface area contributed by atoms with Gasteiger partial charge in [-0.25, -0.2) is 13.2 Å². The van der Waals surface area contributed by atoms with Crippen LogP contribution in [0.2, 0.25) is 0 Å². The Morgan fingerprint density at radius 1 is 0.976 bits per heavy atom. The maximum atomic E-state index is 13.2. The number of sulfonamides is 1. The van der Waals surface area contributed by atoms with Crippen molar-refractivity contribution in [3.05, 3.63) is 124 Å². The fraction of sp³-hybridized carbons (Fsp3) is 0.0690. The monoisotopic (exact) mass is 584 g/mol. The van der Waals surface area contributed by atoms with E-state index < -0.39 is 31.5 Å². The average molecular weight is 585 g/mol. The Kier molecular flexibility index (Phi) is 7.93. The summed E-state index contributed by atoms with van der Waals surface area (Å²) in [6, 6.07) is 26.1. The van der Waals surface area contributed by atoms with Gasteiger partial charge in [-0.2, -0.15) is 10.2 Å². The zero-order valence-corrected chi connectivity index (χ0v) is 22.7. The summed E-state index contributed by atoms with van der Waals surface area (Å²) in [6.45, 7) is 0.752. The molecule has 212 valence electrons. The predicted octanol–water partition coefficient (Wildman–Crippen LogP) is 5.15. The minimum atomic E-state index is -4.46. The first-order chi connectivity index (χ1) is 20.2. The van der Waals surface area contributed by atoms with Crippen molar-refractivity contribution in [2.24, 2.45) is 10.2 Å². The van der Waals surface area contributed by atoms with Gasteiger partial charge in [-0.15, -0.1) is 0 Å². The molecule has 0 spiro atoms. The lowest BCUT2D eigenvalue weighted by Gasteiger charge is -2.14. The zero-order chi connectivity index (χ0) is 29.7. The van der Waals surface area contributed by atoms with Crippen LogP contribution in [0.15, 0.2) is 112 Å². The molecule has 0 bridgehead atoms. The third-order valence-corrected chi connectivity index (χ3v) is 7.77. The van der Waals surface area contributed by atoms with Gasteiger partial charge in [0.2, 0.25) is 0 Å². The quantitative estimate of drug-likeness (QED) is 0.131. The number of para-hydroxylation sites is 1. The molecule has 0 atom stereocenters. The smallest absolute Gasteiger partial charge is 0.337 e. The molecule has 13 heteroatoms. The Hall–Kier alpha value is -5.56. The van der Waals surface area contributed by atoms with Gasteiger partial charge in [0.1, 0.15) is 4.90 Å². The first-order valence-electron chi connectivity index (χ1n) is 12.6. The SMILES string of the molecule is O=C(O)c1ccccc1NS(=O)(=O)c1cc([N+](=O)[O-])ccc1NN=Cc1ccc(N2CCC(c3ccccc3)=N2)cc1. The minimum Gasteiger partial charge on any atom is -0.478 e. The first kappa shape index (κ1) is 28.0. The van der Waals surface area contributed by atoms with Crippen molar-refractivity contribution in [1.82, 2.24) is 0 Å². The van der Waals surface area contributed by atoms with Crippen LogP contribution in [0, 0.1) is 10.1 Å². The van der Waals surface area contributed by atoms with Crippen LogP contribution in [-0.2, 0) is 10.0 Å². The second-order valence-corrected chi connectivity index (χ2v) is 10.8. The van der Waals surface area contributed by atoms with E-state index in [1.54, 1.807) is 0 Å². The molecule has 12 nitrogen and oxygen atoms in total. The van der Waals surface area contributed by atoms with Crippen molar-refractivity contribution in [2.45, 2.75) is 11.3 Å². The summed E-state index contributed by atoms with van der Waals surface area (Å²) in [4.78, 5) is 21.7. The predicted molar refractivity (Wildman–Crippen MR) is 160 cm³/mol. The highest BCUT2D eigenvalue weighted by atomic mass is 32.2. The summed E-state index contributed by atoms with van der Waals surface area (Å²) >= 11 is 0. The average Bonchev–Trinajstić information content (AvgIpc) is 3.48. The normalized spacial score (nSPS) is 13.1. The van der Waals surface area contributed by atoms with Crippen LogP contribution in [-0.4, -0.2) is 42.9 Å². The highest BCUT2D eigenvalue weighted by Crippen LogP contribution is 2.29. The van der Waals surface area contributed by atoms with Crippen LogP contribution in [0.5, 0.6) is 0 Å². The molecular formula is C29H24N6O6S. The van der Waals surface area contributed by atoms with Crippen LogP contribution >= 0.6 is 0 Å². The molecule has 0 unspecified atom stereocenters. The van der Waals surface area contributed by atoms with Crippen molar-refractivity contribution >= 4 is 50.7 Å². The van der Waals surface area contributed by atoms with Gasteiger partial charge in [-0.1, -0.05) is 54.6 Å². The third kappa shape index (κ3) is 6.26. The van der Waals surface area contributed by atoms with Crippen molar-refractivity contribution in [3.63, 3.8) is 0 Å². The number of anilines is 3. The number of nitro benzene ring substituents is 1. The summed E-state index contributed by atoms with van der Waals surface area (Å²) in [5, 5.41) is 31.5. The Bertz CT molecular complexity index is 1810. The van der Waals surface area contributed by atoms with Gasteiger partial charge >= 0.3 is 5.97 Å². The number of nitrogens with zero attached hydrogens (tertiary/aromatic N) is 4. The Morgan fingerprint density at radius 3 is 2.40 bits per heavy atom. The van der Waals surface area contributed by atoms with Gasteiger partial charge in [0.05, 0.1) is 39.5 Å². The van der Waals surface area contributed by atoms with Crippen LogP contribution in [0.1, 0.15) is 27.9 Å². The van der Waals surface area contributed by atoms with E-state index in [2.05, 4.69) is 15.2 Å². The van der Waals surface area contributed by atoms with E-state index in [1.807, 2.05) is 59.6 Å². The molecule has 0 amide bonds. The number of hydrogen-bond donors (Lipinski definition) is 3. The molecule has 1 aliphatic rings. The molecule has 0 aliphatic carbocycles. The number of nitrogens with one attached hydrogen (secondary N) is 2. The number of aromatic carboxylic acids is 1. The van der Waals surface area contributed by atoms with Gasteiger partial charge in [0, 0.05) is 25.1 Å². The largest absolute Gasteiger partial charge is 0.478 e. The second-order valence-electron chi connectivity index (χ2n) is 9.14. The van der Waals surface area contributed by atoms with Crippen LogP contribution < -0.4 is 15.2 Å². The maximum Gasteiger partial charge on any atom is 0.337 e. The lowest BCUT2D eigenvalue weighted by atomic mass is 10.1. The molecular weight excluding hydrogens is 560 g/mol. The summed E-state index contributed by atoms with van der Waals surface area (Å²) in [5.74, 6) is -1.34. The second kappa shape index (κ2) is 11.9. The van der Waals surface area contributed by atoms with E-state index in [1.165, 1.54) is 36.5 Å². The van der Waals surface area contributed by atoms with Crippen LogP contribution in [0.25, 0.3) is 0 Å². The lowest BCUT2D eigenvalue weighted by molar-refractivity contribution is -0.385. The third-order valence-electron chi connectivity index (χ3n) is 6.37. The van der Waals surface area contributed by atoms with E-state index in [0.29, 0.717) is 5.56 Å². The number of carboxylic acid groups (broad SMARTS) is 1. The topological polar surface area (TPSA) is 167 Å². The van der Waals surface area contributed by atoms with Gasteiger partial charge in [-0.3, -0.25) is 25.3 Å². The molecule has 42 heavy (non-hydrogen) atoms. The van der Waals surface area contributed by atoms with E-state index in [0.717, 1.165) is 42.1 Å². The molecule has 0 aromatic heterocycles. The highest BCUT2D eigenvalue weighted by Gasteiger charge is 2.24. The number of non-ortho nitro benzene ring substituents is 1. The number of hydrogen-bond acceptors (Lipinski definition) is 9. The van der Waals surface area contributed by atoms with Crippen LogP contribution in [0.3, 0.4) is 0 Å². The van der Waals surface area contributed by atoms with E-state index >= 15 is 0 Å². The number of benzene rings is 4. The Morgan fingerprint density at radius 2 is 1.69 bits per heavy atom. The fourth-order valence-electron chi connectivity index (χ4n) is 4.28. The summed E-state index contributed by atoms with van der Waals surface area (Å²) in [5.41, 5.74) is 5.36. The van der Waals surface area contributed by atoms with Crippen molar-refractivity contribution in [1.29, 1.82) is 0 Å². The van der Waals surface area contributed by atoms with Gasteiger partial charge in [0.25, 0.3) is 15.7 Å². The fourth-order valence-corrected chi connectivity index (χ4v) is 5.54. The summed E-state index contributed by atoms with van der Waals surface area (Å²) < 4.78 is 28.7. The van der Waals surface area contributed by atoms with E-state index in [-0.39, 0.29) is 16.9 Å². The molecule has 0 saturated heterocycles. The van der Waals surface area contributed by atoms with Crippen molar-refractivity contribution < 1.29 is 23.2 Å². The van der Waals surface area contributed by atoms with E-state index in [4.69, 9.17) is 5.10 Å². The number of nitro groups is 1. The molecule has 0 saturated carbocycles. The standard InChI is InChI=1S/C29H24N6O6S/c36-29(37)24-8-4-5-9-26(24)33-42(40,41)28-18-23(35(38)39)14-15-27(28)31-30-19-20-10-12-22(13-11-20)34-17-16-25(32-34)21-6-2-1-3-7-21/h1-15,18-19,31,33H,16-17H2,(H,36,37). The highest BCUT2D eigenvalue weighted by molar-refractivity contribution is 7.93. The molecule has 3 N–H and O–H groups in total. The molecule has 1 aliphatic heterocycles. The number of carbonyl (C=O) groups is 1. The van der Waals surface area contributed by atoms with Crippen molar-refractivity contribution in [2.75, 3.05) is 21.7 Å². The molecule has 0 radical (unpaired) electrons. The first-order valence-corrected chi connectivity index (χ1v) is 14.1. The number of hydrazone groups is 2. The number of rotatable bonds is 10. The Labute approximate surface area is 240 Å². The Balaban J connectivity index is 1.34. The van der Waals surface area contributed by atoms with Gasteiger partial charge in [-0.05, 0) is 41.5 Å².